The molecule has 0 atom stereocenters. The van der Waals surface area contributed by atoms with Gasteiger partial charge in [-0.1, -0.05) is 77.0 Å². The number of nitrogens with zero attached hydrogens (tertiary/aromatic N) is 4. The molecule has 2 aliphatic rings. The van der Waals surface area contributed by atoms with E-state index >= 15 is 0 Å². The van der Waals surface area contributed by atoms with Gasteiger partial charge in [-0.15, -0.1) is 11.3 Å². The van der Waals surface area contributed by atoms with E-state index < -0.39 is 0 Å². The van der Waals surface area contributed by atoms with E-state index in [1.165, 1.54) is 76.6 Å². The van der Waals surface area contributed by atoms with Gasteiger partial charge in [-0.3, -0.25) is 14.9 Å². The fraction of sp³-hybridized carbons (Fsp3) is 0.526. The number of aromatic nitrogens is 4. The third-order valence-electron chi connectivity index (χ3n) is 9.41. The summed E-state index contributed by atoms with van der Waals surface area (Å²) in [5.41, 5.74) is 7.21. The van der Waals surface area contributed by atoms with Crippen molar-refractivity contribution in [3.8, 4) is 22.0 Å². The van der Waals surface area contributed by atoms with Gasteiger partial charge in [0.1, 0.15) is 0 Å². The normalized spacial score (nSPS) is 16.5. The van der Waals surface area contributed by atoms with E-state index in [0.717, 1.165) is 41.9 Å². The second-order valence-corrected chi connectivity index (χ2v) is 15.2. The number of fused-ring (bicyclic) bond motifs is 1. The molecule has 0 bridgehead atoms. The summed E-state index contributed by atoms with van der Waals surface area (Å²) < 4.78 is 1.13. The van der Waals surface area contributed by atoms with Crippen molar-refractivity contribution < 1.29 is 30.0 Å². The zero-order chi connectivity index (χ0) is 32.3. The van der Waals surface area contributed by atoms with Gasteiger partial charge in [0, 0.05) is 60.3 Å². The Labute approximate surface area is 292 Å². The van der Waals surface area contributed by atoms with Crippen LogP contribution >= 0.6 is 11.3 Å². The number of aryl methyl sites for hydroxylation is 4. The quantitative estimate of drug-likeness (QED) is 0.159. The maximum absolute atomic E-state index is 12.0. The molecule has 2 saturated carbocycles. The van der Waals surface area contributed by atoms with Gasteiger partial charge in [-0.25, -0.2) is 0 Å². The molecule has 2 fully saturated rings. The van der Waals surface area contributed by atoms with Gasteiger partial charge < -0.3 is 15.2 Å². The molecule has 2 aliphatic carbocycles. The third kappa shape index (κ3) is 8.24. The number of benzene rings is 1. The standard InChI is InChI=1S/C23H25N4S.C15H24O2.Ir/c1-12-10-13(2)17(14(3)11-12)19-15(4)16-8-9-24-18(20(16)28-19)21-25-22(27-26-21)23(5,6)7;16-14(12-7-3-1-4-8-12)11-15(17)13-9-5-2-6-10-13;/h8-11H,1-7H3;11-13,16H,1-10H2;/q-1;;/b;14-11-;. The minimum Gasteiger partial charge on any atom is -0.512 e. The zero-order valence-electron chi connectivity index (χ0n) is 28.5. The summed E-state index contributed by atoms with van der Waals surface area (Å²) in [4.78, 5) is 22.6. The molecule has 3 aromatic heterocycles. The predicted octanol–water partition coefficient (Wildman–Crippen LogP) is 10.1. The fourth-order valence-corrected chi connectivity index (χ4v) is 8.37. The minimum absolute atomic E-state index is 0. The van der Waals surface area contributed by atoms with E-state index in [-0.39, 0.29) is 43.1 Å². The van der Waals surface area contributed by atoms with Crippen molar-refractivity contribution in [3.05, 3.63) is 64.3 Å². The number of pyridine rings is 1. The number of carbonyl (C=O) groups is 1. The van der Waals surface area contributed by atoms with Crippen LogP contribution in [0.2, 0.25) is 0 Å². The molecule has 1 N–H and O–H groups in total. The summed E-state index contributed by atoms with van der Waals surface area (Å²) in [5, 5.41) is 19.9. The zero-order valence-corrected chi connectivity index (χ0v) is 31.7. The van der Waals surface area contributed by atoms with E-state index in [2.05, 4.69) is 86.8 Å². The van der Waals surface area contributed by atoms with Crippen LogP contribution in [0.4, 0.5) is 0 Å². The van der Waals surface area contributed by atoms with Gasteiger partial charge in [0.2, 0.25) is 0 Å². The van der Waals surface area contributed by atoms with Crippen molar-refractivity contribution in [2.75, 3.05) is 0 Å². The first kappa shape index (κ1) is 36.2. The molecule has 249 valence electrons. The largest absolute Gasteiger partial charge is 0.512 e. The second-order valence-electron chi connectivity index (χ2n) is 14.2. The molecular formula is C38H49IrN4O2S-. The molecule has 6 rings (SSSR count). The number of hydrogen-bond acceptors (Lipinski definition) is 6. The van der Waals surface area contributed by atoms with E-state index in [9.17, 15) is 9.90 Å². The maximum atomic E-state index is 12.0. The summed E-state index contributed by atoms with van der Waals surface area (Å²) in [6.45, 7) is 15.0. The Morgan fingerprint density at radius 2 is 1.52 bits per heavy atom. The average Bonchev–Trinajstić information content (AvgIpc) is 3.64. The summed E-state index contributed by atoms with van der Waals surface area (Å²) in [6, 6.07) is 6.60. The Morgan fingerprint density at radius 1 is 0.935 bits per heavy atom. The molecule has 0 aliphatic heterocycles. The molecule has 46 heavy (non-hydrogen) atoms. The van der Waals surface area contributed by atoms with Crippen LogP contribution in [0, 0.1) is 39.5 Å². The maximum Gasteiger partial charge on any atom is 0.162 e. The molecule has 0 saturated heterocycles. The molecule has 1 aromatic carbocycles. The topological polar surface area (TPSA) is 90.1 Å². The van der Waals surface area contributed by atoms with Crippen molar-refractivity contribution in [2.24, 2.45) is 11.8 Å². The second kappa shape index (κ2) is 15.5. The average molecular weight is 818 g/mol. The first-order valence-electron chi connectivity index (χ1n) is 16.7. The number of aliphatic hydroxyl groups excluding tert-OH is 1. The van der Waals surface area contributed by atoms with Crippen molar-refractivity contribution in [3.63, 3.8) is 0 Å². The first-order chi connectivity index (χ1) is 21.4. The van der Waals surface area contributed by atoms with E-state index in [1.54, 1.807) is 17.4 Å². The van der Waals surface area contributed by atoms with Crippen LogP contribution in [-0.2, 0) is 30.3 Å². The predicted molar refractivity (Wildman–Crippen MR) is 186 cm³/mol. The first-order valence-corrected chi connectivity index (χ1v) is 17.5. The Bertz CT molecular complexity index is 1660. The van der Waals surface area contributed by atoms with Crippen LogP contribution < -0.4 is 5.10 Å². The van der Waals surface area contributed by atoms with Crippen LogP contribution in [-0.4, -0.2) is 26.0 Å². The van der Waals surface area contributed by atoms with Crippen molar-refractivity contribution in [2.45, 2.75) is 118 Å². The Kier molecular flexibility index (Phi) is 12.2. The number of thiophene rings is 1. The van der Waals surface area contributed by atoms with Gasteiger partial charge in [-0.05, 0) is 92.9 Å². The SMILES string of the molecule is Cc1cc(C)c(-c2sc3c(-c4nc(C(C)(C)C)n[n-]4)nccc3c2C)c(C)c1.O=C(/C=C(\O)C1CCCCC1)C1CCCCC1.[Ir]. The molecule has 1 radical (unpaired) electrons. The van der Waals surface area contributed by atoms with Gasteiger partial charge in [0.25, 0.3) is 0 Å². The molecule has 3 heterocycles. The van der Waals surface area contributed by atoms with Crippen molar-refractivity contribution in [1.82, 2.24) is 20.2 Å². The van der Waals surface area contributed by atoms with Gasteiger partial charge in [0.15, 0.2) is 5.78 Å². The van der Waals surface area contributed by atoms with Gasteiger partial charge in [-0.2, -0.15) is 0 Å². The van der Waals surface area contributed by atoms with E-state index in [1.807, 2.05) is 6.20 Å². The molecule has 0 amide bonds. The fourth-order valence-electron chi connectivity index (χ4n) is 6.91. The van der Waals surface area contributed by atoms with E-state index in [4.69, 9.17) is 0 Å². The number of carbonyl (C=O) groups excluding carboxylic acids is 1. The summed E-state index contributed by atoms with van der Waals surface area (Å²) >= 11 is 1.78. The summed E-state index contributed by atoms with van der Waals surface area (Å²) in [7, 11) is 0. The van der Waals surface area contributed by atoms with Crippen LogP contribution in [0.15, 0.2) is 36.2 Å². The third-order valence-corrected chi connectivity index (χ3v) is 10.7. The smallest absolute Gasteiger partial charge is 0.162 e. The summed E-state index contributed by atoms with van der Waals surface area (Å²) in [5.74, 6) is 2.35. The summed E-state index contributed by atoms with van der Waals surface area (Å²) in [6.07, 6.45) is 14.8. The molecule has 6 nitrogen and oxygen atoms in total. The van der Waals surface area contributed by atoms with Crippen LogP contribution in [0.1, 0.15) is 113 Å². The number of aliphatic hydroxyl groups is 1. The Morgan fingerprint density at radius 3 is 2.09 bits per heavy atom. The molecule has 8 heteroatoms. The number of rotatable bonds is 5. The molecular weight excluding hydrogens is 769 g/mol. The minimum atomic E-state index is -0.133. The van der Waals surface area contributed by atoms with Crippen LogP contribution in [0.3, 0.4) is 0 Å². The number of allylic oxidation sites excluding steroid dienone is 2. The monoisotopic (exact) mass is 818 g/mol. The molecule has 0 spiro atoms. The van der Waals surface area contributed by atoms with Crippen LogP contribution in [0.25, 0.3) is 32.0 Å². The van der Waals surface area contributed by atoms with Crippen LogP contribution in [0.5, 0.6) is 0 Å². The molecule has 0 unspecified atom stereocenters. The Balaban J connectivity index is 0.000000230. The van der Waals surface area contributed by atoms with E-state index in [0.29, 0.717) is 11.6 Å². The van der Waals surface area contributed by atoms with Gasteiger partial charge in [0.05, 0.1) is 16.2 Å². The van der Waals surface area contributed by atoms with Gasteiger partial charge >= 0.3 is 0 Å². The Hall–Kier alpha value is -2.67. The van der Waals surface area contributed by atoms with Crippen molar-refractivity contribution in [1.29, 1.82) is 0 Å². The van der Waals surface area contributed by atoms with Crippen molar-refractivity contribution >= 4 is 27.2 Å². The number of ketones is 1. The number of hydrogen-bond donors (Lipinski definition) is 1. The molecule has 4 aromatic rings.